The van der Waals surface area contributed by atoms with E-state index in [4.69, 9.17) is 38.7 Å². The minimum absolute atomic E-state index is 0.00964. The number of nitrogens with zero attached hydrogens (tertiary/aromatic N) is 4. The van der Waals surface area contributed by atoms with Crippen molar-refractivity contribution in [1.82, 2.24) is 35.5 Å². The first-order valence-corrected chi connectivity index (χ1v) is 18.7. The van der Waals surface area contributed by atoms with E-state index in [1.54, 1.807) is 4.90 Å². The number of anilines is 2. The van der Waals surface area contributed by atoms with Crippen LogP contribution in [0.4, 0.5) is 11.8 Å². The van der Waals surface area contributed by atoms with Crippen LogP contribution >= 0.6 is 38.8 Å². The van der Waals surface area contributed by atoms with Gasteiger partial charge in [-0.25, -0.2) is 0 Å². The molecule has 1 unspecified atom stereocenters. The Balaban J connectivity index is 1.25. The Labute approximate surface area is 257 Å². The molecule has 0 saturated carbocycles. The summed E-state index contributed by atoms with van der Waals surface area (Å²) >= 11 is 8.39. The van der Waals surface area contributed by atoms with Crippen LogP contribution in [-0.2, 0) is 24.9 Å². The fourth-order valence-corrected chi connectivity index (χ4v) is 7.35. The van der Waals surface area contributed by atoms with Gasteiger partial charge in [0.2, 0.25) is 0 Å². The Bertz CT molecular complexity index is 1820. The zero-order chi connectivity index (χ0) is 31.0. The van der Waals surface area contributed by atoms with Crippen molar-refractivity contribution in [3.63, 3.8) is 0 Å². The molecule has 0 spiro atoms. The Morgan fingerprint density at radius 1 is 1.16 bits per heavy atom. The first-order chi connectivity index (χ1) is 20.9. The Morgan fingerprint density at radius 3 is 2.80 bits per heavy atom. The summed E-state index contributed by atoms with van der Waals surface area (Å²) in [5.74, 6) is -0.436. The Kier molecular flexibility index (Phi) is 6.95. The molecule has 0 aromatic carbocycles. The van der Waals surface area contributed by atoms with Gasteiger partial charge in [0.15, 0.2) is 0 Å². The predicted molar refractivity (Wildman–Crippen MR) is 163 cm³/mol. The number of aromatic nitrogens is 4. The monoisotopic (exact) mass is 692 g/mol. The molecule has 7 heterocycles. The molecule has 4 aliphatic heterocycles. The second kappa shape index (κ2) is 10.5. The van der Waals surface area contributed by atoms with Crippen LogP contribution < -0.4 is 42.4 Å². The number of H-pyrrole nitrogens is 1. The van der Waals surface area contributed by atoms with E-state index in [2.05, 4.69) is 55.4 Å². The summed E-state index contributed by atoms with van der Waals surface area (Å²) in [6.45, 7) is 0.247. The third-order valence-corrected chi connectivity index (χ3v) is 9.89. The molecule has 44 heavy (non-hydrogen) atoms. The number of fused-ring (bicyclic) bond motifs is 5. The molecule has 0 radical (unpaired) electrons. The first kappa shape index (κ1) is 29.1. The molecule has 11 N–H and O–H groups in total. The number of furan rings is 1. The molecule has 2 bridgehead atoms. The van der Waals surface area contributed by atoms with E-state index < -0.39 is 38.3 Å². The van der Waals surface area contributed by atoms with Gasteiger partial charge in [0.1, 0.15) is 0 Å². The molecule has 1 fully saturated rings. The first-order valence-electron chi connectivity index (χ1n) is 12.6. The van der Waals surface area contributed by atoms with Gasteiger partial charge in [0, 0.05) is 0 Å². The van der Waals surface area contributed by atoms with E-state index in [1.807, 2.05) is 0 Å². The van der Waals surface area contributed by atoms with Crippen LogP contribution in [0.2, 0.25) is 0 Å². The number of ether oxygens (including phenoxy) is 1. The quantitative estimate of drug-likeness (QED) is 0.113. The van der Waals surface area contributed by atoms with Crippen molar-refractivity contribution in [2.75, 3.05) is 24.0 Å². The molecule has 3 aromatic heterocycles. The maximum absolute atomic E-state index is 12.3. The van der Waals surface area contributed by atoms with Crippen molar-refractivity contribution in [2.24, 2.45) is 5.73 Å². The second-order valence-electron chi connectivity index (χ2n) is 9.60. The van der Waals surface area contributed by atoms with Crippen molar-refractivity contribution in [1.29, 1.82) is 0 Å². The number of thiol groups is 2. The third-order valence-electron chi connectivity index (χ3n) is 6.72. The van der Waals surface area contributed by atoms with E-state index in [0.717, 1.165) is 17.2 Å². The van der Waals surface area contributed by atoms with Crippen LogP contribution in [0.5, 0.6) is 5.75 Å². The number of aliphatic hydroxyl groups is 1. The van der Waals surface area contributed by atoms with Gasteiger partial charge in [0.05, 0.1) is 0 Å². The summed E-state index contributed by atoms with van der Waals surface area (Å²) in [7, 11) is -8.82. The summed E-state index contributed by atoms with van der Waals surface area (Å²) < 4.78 is 35.4. The topological polar surface area (TPSA) is 275 Å². The third kappa shape index (κ3) is 5.13. The summed E-state index contributed by atoms with van der Waals surface area (Å²) in [5, 5.41) is 20.5. The predicted octanol–water partition coefficient (Wildman–Crippen LogP) is -1.07. The number of aliphatic hydroxyl groups excluding tert-OH is 1. The average molecular weight is 693 g/mol. The second-order valence-corrected chi connectivity index (χ2v) is 16.1. The number of aromatic amines is 1. The van der Waals surface area contributed by atoms with Crippen molar-refractivity contribution in [2.45, 2.75) is 18.9 Å². The molecular formula is C20H26N10O10P2S2. The van der Waals surface area contributed by atoms with E-state index in [9.17, 15) is 19.7 Å². The maximum atomic E-state index is 12.3. The Morgan fingerprint density at radius 2 is 1.98 bits per heavy atom. The van der Waals surface area contributed by atoms with Gasteiger partial charge < -0.3 is 0 Å². The van der Waals surface area contributed by atoms with Crippen LogP contribution in [0.1, 0.15) is 5.76 Å². The van der Waals surface area contributed by atoms with E-state index in [0.29, 0.717) is 30.7 Å². The number of nitrogen functional groups attached to an aromatic ring is 1. The molecule has 4 aliphatic rings. The number of nitrogens with one attached hydrogen (secondary N) is 4. The van der Waals surface area contributed by atoms with Crippen LogP contribution in [0, 0.1) is 0 Å². The van der Waals surface area contributed by atoms with Crippen molar-refractivity contribution in [3.05, 3.63) is 57.8 Å². The summed E-state index contributed by atoms with van der Waals surface area (Å²) in [5.41, 5.74) is 11.7. The van der Waals surface area contributed by atoms with Crippen molar-refractivity contribution < 1.29 is 42.1 Å². The number of nitrogens with two attached hydrogens (primary N) is 2. The van der Waals surface area contributed by atoms with E-state index in [-0.39, 0.29) is 46.4 Å². The average Bonchev–Trinajstić information content (AvgIpc) is 3.72. The van der Waals surface area contributed by atoms with Gasteiger partial charge >= 0.3 is 257 Å². The van der Waals surface area contributed by atoms with Gasteiger partial charge in [-0.3, -0.25) is 0 Å². The molecule has 24 heteroatoms. The zero-order valence-electron chi connectivity index (χ0n) is 22.0. The van der Waals surface area contributed by atoms with Crippen LogP contribution in [-0.4, -0.2) is 60.0 Å². The fraction of sp³-hybridized carbons (Fsp3) is 0.250. The molecule has 2 atom stereocenters. The van der Waals surface area contributed by atoms with E-state index in [1.165, 1.54) is 6.07 Å². The molecule has 20 nitrogen and oxygen atoms in total. The van der Waals surface area contributed by atoms with Gasteiger partial charge in [-0.1, -0.05) is 0 Å². The molecular weight excluding hydrogens is 666 g/mol. The molecule has 238 valence electrons. The Hall–Kier alpha value is -3.59. The number of imidazole rings is 1. The molecule has 1 saturated heterocycles. The van der Waals surface area contributed by atoms with Gasteiger partial charge in [-0.05, 0) is 0 Å². The van der Waals surface area contributed by atoms with E-state index >= 15 is 0 Å². The summed E-state index contributed by atoms with van der Waals surface area (Å²) in [6.07, 6.45) is -0.0444. The van der Waals surface area contributed by atoms with Crippen LogP contribution in [0.25, 0.3) is 17.0 Å². The van der Waals surface area contributed by atoms with Crippen LogP contribution in [0.3, 0.4) is 0 Å². The number of hydrogen-bond donors (Lipinski definition) is 11. The van der Waals surface area contributed by atoms with Gasteiger partial charge in [-0.15, -0.1) is 0 Å². The fourth-order valence-electron chi connectivity index (χ4n) is 4.77. The van der Waals surface area contributed by atoms with Crippen molar-refractivity contribution in [3.8, 4) is 5.75 Å². The standard InChI is InChI=1S/C20H26N10O10P2S2/c21-15-11-16(24-4-23-15)29(5-25-11)10-1-7-8(37-10)2-35-42(34,44)40-14-13(31)9(3-36-41(33,43)39-7)38-19(14)30-6-26-12-17(30)27-20(22)28-18(12)32/h1,3,6,13,16,23-25,31,33-34,41-44H,2,4-5,21H2,(H3,22,27,28,32)/b9-3+/t13-,16?/m1/s1. The zero-order valence-corrected chi connectivity index (χ0v) is 25.8. The summed E-state index contributed by atoms with van der Waals surface area (Å²) in [4.78, 5) is 46.6. The van der Waals surface area contributed by atoms with Gasteiger partial charge in [-0.2, -0.15) is 0 Å². The molecule has 0 aliphatic carbocycles. The molecule has 7 rings (SSSR count). The SMILES string of the molecule is NC1=C2NCN(c3cc4c(o3)CO[PH](O)(S)OC3=C(n5cnc6c(=O)[nH]c(N)nc65)O/C(=C/O[PH](O)(S)O4)[C@H]3O)C2NCN1. The van der Waals surface area contributed by atoms with Gasteiger partial charge in [0.25, 0.3) is 0 Å². The number of hydrogen-bond acceptors (Lipinski definition) is 20. The summed E-state index contributed by atoms with van der Waals surface area (Å²) in [6, 6.07) is 1.48. The molecule has 3 aromatic rings. The van der Waals surface area contributed by atoms with Crippen molar-refractivity contribution >= 4 is 67.7 Å². The minimum atomic E-state index is -4.46. The van der Waals surface area contributed by atoms with Crippen LogP contribution in [0.15, 0.2) is 50.9 Å². The molecule has 0 amide bonds. The number of rotatable bonds is 2. The normalized spacial score (nSPS) is 26.9.